The second-order valence-corrected chi connectivity index (χ2v) is 9.23. The topological polar surface area (TPSA) is 123 Å². The molecule has 1 aromatic heterocycles. The van der Waals surface area contributed by atoms with Crippen LogP contribution in [0.3, 0.4) is 0 Å². The van der Waals surface area contributed by atoms with Crippen molar-refractivity contribution in [3.8, 4) is 57.0 Å². The van der Waals surface area contributed by atoms with Gasteiger partial charge in [0.05, 0.1) is 48.4 Å². The zero-order valence-electron chi connectivity index (χ0n) is 23.4. The number of methoxy groups -OCH3 is 6. The van der Waals surface area contributed by atoms with Crippen molar-refractivity contribution in [2.45, 2.75) is 31.5 Å². The Balaban J connectivity index is 2.19. The molecule has 0 spiro atoms. The van der Waals surface area contributed by atoms with Crippen LogP contribution in [0.5, 0.6) is 34.5 Å². The van der Waals surface area contributed by atoms with Crippen LogP contribution in [0.25, 0.3) is 22.5 Å². The molecule has 1 atom stereocenters. The first-order chi connectivity index (χ1) is 18.8. The molecule has 11 nitrogen and oxygen atoms in total. The molecule has 3 aromatic rings. The molecule has 1 amide bonds. The van der Waals surface area contributed by atoms with E-state index < -0.39 is 0 Å². The fourth-order valence-corrected chi connectivity index (χ4v) is 4.35. The third-order valence-corrected chi connectivity index (χ3v) is 6.73. The Bertz CT molecular complexity index is 1260. The predicted molar refractivity (Wildman–Crippen MR) is 149 cm³/mol. The van der Waals surface area contributed by atoms with Crippen LogP contribution < -0.4 is 33.7 Å². The van der Waals surface area contributed by atoms with Gasteiger partial charge in [0.1, 0.15) is 11.4 Å². The van der Waals surface area contributed by atoms with Crippen LogP contribution in [0.1, 0.15) is 20.3 Å². The van der Waals surface area contributed by atoms with Crippen molar-refractivity contribution < 1.29 is 33.2 Å². The van der Waals surface area contributed by atoms with E-state index in [0.29, 0.717) is 62.2 Å². The Morgan fingerprint density at radius 1 is 0.769 bits per heavy atom. The van der Waals surface area contributed by atoms with Crippen molar-refractivity contribution in [1.29, 1.82) is 0 Å². The third-order valence-electron chi connectivity index (χ3n) is 5.90. The molecule has 1 heterocycles. The summed E-state index contributed by atoms with van der Waals surface area (Å²) >= 11 is 1.19. The van der Waals surface area contributed by atoms with Crippen LogP contribution in [0.15, 0.2) is 29.4 Å². The lowest BCUT2D eigenvalue weighted by Crippen LogP contribution is -2.33. The van der Waals surface area contributed by atoms with E-state index in [0.717, 1.165) is 6.42 Å². The van der Waals surface area contributed by atoms with Crippen LogP contribution >= 0.6 is 11.8 Å². The second kappa shape index (κ2) is 13.7. The molecule has 1 N–H and O–H groups in total. The van der Waals surface area contributed by atoms with Crippen LogP contribution in [0.2, 0.25) is 0 Å². The first-order valence-electron chi connectivity index (χ1n) is 12.1. The highest BCUT2D eigenvalue weighted by Gasteiger charge is 2.22. The summed E-state index contributed by atoms with van der Waals surface area (Å²) < 4.78 is 33.2. The van der Waals surface area contributed by atoms with E-state index in [1.54, 1.807) is 24.3 Å². The average molecular weight is 559 g/mol. The molecule has 0 saturated heterocycles. The molecular formula is C27H34N4O7S. The van der Waals surface area contributed by atoms with Crippen molar-refractivity contribution in [3.05, 3.63) is 24.3 Å². The van der Waals surface area contributed by atoms with Crippen LogP contribution in [-0.4, -0.2) is 75.5 Å². The highest BCUT2D eigenvalue weighted by Crippen LogP contribution is 2.45. The van der Waals surface area contributed by atoms with Crippen LogP contribution in [0, 0.1) is 0 Å². The van der Waals surface area contributed by atoms with Gasteiger partial charge in [0.2, 0.25) is 22.6 Å². The zero-order valence-corrected chi connectivity index (χ0v) is 24.2. The Morgan fingerprint density at radius 2 is 1.23 bits per heavy atom. The Morgan fingerprint density at radius 3 is 1.64 bits per heavy atom. The Labute approximate surface area is 232 Å². The fraction of sp³-hybridized carbons (Fsp3) is 0.407. The number of hydrogen-bond acceptors (Lipinski definition) is 11. The standard InChI is InChI=1S/C27H34N4O7S/c1-9-15(2)28-22(32)14-39-27-29-23(16-10-18(33-3)25(37-7)19(11-16)34-4)24(30-31-27)17-12-20(35-5)26(38-8)21(13-17)36-6/h10-13,15H,9,14H2,1-8H3,(H,28,32)/t15-/m0/s1. The van der Waals surface area contributed by atoms with E-state index >= 15 is 0 Å². The number of hydrogen-bond donors (Lipinski definition) is 1. The molecule has 0 aliphatic rings. The van der Waals surface area contributed by atoms with E-state index in [-0.39, 0.29) is 17.7 Å². The Kier molecular flexibility index (Phi) is 10.4. The van der Waals surface area contributed by atoms with Gasteiger partial charge >= 0.3 is 0 Å². The van der Waals surface area contributed by atoms with Gasteiger partial charge in [-0.2, -0.15) is 0 Å². The highest BCUT2D eigenvalue weighted by atomic mass is 32.2. The smallest absolute Gasteiger partial charge is 0.230 e. The molecule has 0 radical (unpaired) electrons. The Hall–Kier alpha value is -3.93. The number of nitrogens with zero attached hydrogens (tertiary/aromatic N) is 3. The summed E-state index contributed by atoms with van der Waals surface area (Å²) in [5.41, 5.74) is 2.17. The number of carbonyl (C=O) groups excluding carboxylic acids is 1. The molecule has 0 unspecified atom stereocenters. The van der Waals surface area contributed by atoms with Crippen LogP contribution in [-0.2, 0) is 4.79 Å². The van der Waals surface area contributed by atoms with Gasteiger partial charge < -0.3 is 33.7 Å². The molecular weight excluding hydrogens is 524 g/mol. The number of carbonyl (C=O) groups is 1. The average Bonchev–Trinajstić information content (AvgIpc) is 2.97. The lowest BCUT2D eigenvalue weighted by molar-refractivity contribution is -0.119. The number of amides is 1. The van der Waals surface area contributed by atoms with E-state index in [9.17, 15) is 4.79 Å². The summed E-state index contributed by atoms with van der Waals surface area (Å²) in [6.07, 6.45) is 0.837. The SMILES string of the molecule is CC[C@H](C)NC(=O)CSc1nnc(-c2cc(OC)c(OC)c(OC)c2)c(-c2cc(OC)c(OC)c(OC)c2)n1. The molecule has 210 valence electrons. The number of aromatic nitrogens is 3. The van der Waals surface area contributed by atoms with Crippen molar-refractivity contribution >= 4 is 17.7 Å². The summed E-state index contributed by atoms with van der Waals surface area (Å²) in [6.45, 7) is 3.96. The van der Waals surface area contributed by atoms with Gasteiger partial charge in [0.25, 0.3) is 0 Å². The molecule has 2 aromatic carbocycles. The largest absolute Gasteiger partial charge is 0.493 e. The predicted octanol–water partition coefficient (Wildman–Crippen LogP) is 4.26. The van der Waals surface area contributed by atoms with E-state index in [4.69, 9.17) is 33.4 Å². The molecule has 0 aliphatic carbocycles. The van der Waals surface area contributed by atoms with Gasteiger partial charge in [0, 0.05) is 17.2 Å². The summed E-state index contributed by atoms with van der Waals surface area (Å²) in [5, 5.41) is 12.1. The van der Waals surface area contributed by atoms with E-state index in [1.165, 1.54) is 54.4 Å². The zero-order chi connectivity index (χ0) is 28.5. The normalized spacial score (nSPS) is 11.4. The molecule has 0 fully saturated rings. The van der Waals surface area contributed by atoms with Crippen molar-refractivity contribution in [1.82, 2.24) is 20.5 Å². The molecule has 12 heteroatoms. The summed E-state index contributed by atoms with van der Waals surface area (Å²) in [6, 6.07) is 7.16. The van der Waals surface area contributed by atoms with Crippen molar-refractivity contribution in [2.24, 2.45) is 0 Å². The quantitative estimate of drug-likeness (QED) is 0.303. The van der Waals surface area contributed by atoms with Gasteiger partial charge in [-0.05, 0) is 37.6 Å². The second-order valence-electron chi connectivity index (χ2n) is 8.29. The number of nitrogens with one attached hydrogen (secondary N) is 1. The van der Waals surface area contributed by atoms with E-state index in [1.807, 2.05) is 13.8 Å². The van der Waals surface area contributed by atoms with Gasteiger partial charge in [-0.3, -0.25) is 4.79 Å². The number of thioether (sulfide) groups is 1. The van der Waals surface area contributed by atoms with Gasteiger partial charge in [-0.25, -0.2) is 4.98 Å². The van der Waals surface area contributed by atoms with E-state index in [2.05, 4.69) is 15.5 Å². The minimum Gasteiger partial charge on any atom is -0.493 e. The third kappa shape index (κ3) is 6.75. The lowest BCUT2D eigenvalue weighted by atomic mass is 10.0. The summed E-state index contributed by atoms with van der Waals surface area (Å²) in [4.78, 5) is 17.2. The summed E-state index contributed by atoms with van der Waals surface area (Å²) in [7, 11) is 9.22. The van der Waals surface area contributed by atoms with Gasteiger partial charge in [-0.1, -0.05) is 18.7 Å². The number of benzene rings is 2. The number of ether oxygens (including phenoxy) is 6. The van der Waals surface area contributed by atoms with Gasteiger partial charge in [-0.15, -0.1) is 10.2 Å². The maximum absolute atomic E-state index is 12.4. The molecule has 0 bridgehead atoms. The van der Waals surface area contributed by atoms with Crippen molar-refractivity contribution in [3.63, 3.8) is 0 Å². The maximum Gasteiger partial charge on any atom is 0.230 e. The van der Waals surface area contributed by atoms with Crippen molar-refractivity contribution in [2.75, 3.05) is 48.4 Å². The van der Waals surface area contributed by atoms with Crippen LogP contribution in [0.4, 0.5) is 0 Å². The van der Waals surface area contributed by atoms with Gasteiger partial charge in [0.15, 0.2) is 23.0 Å². The molecule has 3 rings (SSSR count). The minimum absolute atomic E-state index is 0.0781. The maximum atomic E-state index is 12.4. The lowest BCUT2D eigenvalue weighted by Gasteiger charge is -2.17. The highest BCUT2D eigenvalue weighted by molar-refractivity contribution is 7.99. The first kappa shape index (κ1) is 29.6. The summed E-state index contributed by atoms with van der Waals surface area (Å²) in [5.74, 6) is 2.71. The number of rotatable bonds is 13. The molecule has 39 heavy (non-hydrogen) atoms. The fourth-order valence-electron chi connectivity index (χ4n) is 3.75. The molecule has 0 saturated carbocycles. The first-order valence-corrected chi connectivity index (χ1v) is 13.1. The molecule has 0 aliphatic heterocycles. The minimum atomic E-state index is -0.110. The monoisotopic (exact) mass is 558 g/mol.